The van der Waals surface area contributed by atoms with Crippen LogP contribution in [0, 0.1) is 0 Å². The summed E-state index contributed by atoms with van der Waals surface area (Å²) < 4.78 is 0. The van der Waals surface area contributed by atoms with Crippen molar-refractivity contribution in [2.75, 3.05) is 25.0 Å². The Kier molecular flexibility index (Phi) is 6.86. The molecule has 0 aliphatic rings. The van der Waals surface area contributed by atoms with Gasteiger partial charge in [-0.25, -0.2) is 4.79 Å². The molecule has 0 saturated heterocycles. The topological polar surface area (TPSA) is 90.5 Å². The standard InChI is InChI=1S/C13H19N3O3/c17-12(18)7-10-16-13(19)15-9-4-8-14-11-5-2-1-3-6-11/h1-3,5-6,14H,4,7-10H2,(H,17,18)(H2,15,16,19). The van der Waals surface area contributed by atoms with Crippen LogP contribution in [-0.2, 0) is 4.79 Å². The number of carboxylic acids is 1. The van der Waals surface area contributed by atoms with Crippen molar-refractivity contribution in [2.24, 2.45) is 0 Å². The molecule has 0 aliphatic heterocycles. The van der Waals surface area contributed by atoms with Crippen LogP contribution in [0.2, 0.25) is 0 Å². The molecule has 0 atom stereocenters. The lowest BCUT2D eigenvalue weighted by molar-refractivity contribution is -0.136. The second kappa shape index (κ2) is 8.79. The van der Waals surface area contributed by atoms with Crippen LogP contribution in [0.3, 0.4) is 0 Å². The molecule has 1 aromatic carbocycles. The largest absolute Gasteiger partial charge is 0.481 e. The van der Waals surface area contributed by atoms with E-state index < -0.39 is 5.97 Å². The number of amides is 2. The minimum atomic E-state index is -0.924. The van der Waals surface area contributed by atoms with Crippen LogP contribution in [0.25, 0.3) is 0 Å². The van der Waals surface area contributed by atoms with Gasteiger partial charge in [0.25, 0.3) is 0 Å². The molecule has 0 bridgehead atoms. The highest BCUT2D eigenvalue weighted by molar-refractivity contribution is 5.74. The summed E-state index contributed by atoms with van der Waals surface area (Å²) in [4.78, 5) is 21.5. The molecule has 6 nitrogen and oxygen atoms in total. The van der Waals surface area contributed by atoms with E-state index >= 15 is 0 Å². The van der Waals surface area contributed by atoms with Gasteiger partial charge in [-0.1, -0.05) is 18.2 Å². The number of carbonyl (C=O) groups excluding carboxylic acids is 1. The van der Waals surface area contributed by atoms with E-state index in [2.05, 4.69) is 16.0 Å². The number of nitrogens with one attached hydrogen (secondary N) is 3. The molecule has 104 valence electrons. The smallest absolute Gasteiger partial charge is 0.314 e. The molecule has 0 radical (unpaired) electrons. The molecule has 0 saturated carbocycles. The average molecular weight is 265 g/mol. The van der Waals surface area contributed by atoms with E-state index in [4.69, 9.17) is 5.11 Å². The van der Waals surface area contributed by atoms with E-state index in [1.54, 1.807) is 0 Å². The maximum Gasteiger partial charge on any atom is 0.314 e. The second-order valence-electron chi connectivity index (χ2n) is 3.97. The molecule has 0 aliphatic carbocycles. The van der Waals surface area contributed by atoms with Crippen molar-refractivity contribution < 1.29 is 14.7 Å². The lowest BCUT2D eigenvalue weighted by Crippen LogP contribution is -2.37. The number of para-hydroxylation sites is 1. The zero-order chi connectivity index (χ0) is 13.9. The molecule has 1 aromatic rings. The zero-order valence-corrected chi connectivity index (χ0v) is 10.7. The number of urea groups is 1. The summed E-state index contributed by atoms with van der Waals surface area (Å²) in [5.41, 5.74) is 1.05. The predicted molar refractivity (Wildman–Crippen MR) is 73.2 cm³/mol. The fourth-order valence-corrected chi connectivity index (χ4v) is 1.42. The highest BCUT2D eigenvalue weighted by Crippen LogP contribution is 2.03. The van der Waals surface area contributed by atoms with Gasteiger partial charge in [-0.05, 0) is 18.6 Å². The van der Waals surface area contributed by atoms with Gasteiger partial charge in [-0.15, -0.1) is 0 Å². The van der Waals surface area contributed by atoms with Gasteiger partial charge in [-0.3, -0.25) is 4.79 Å². The minimum Gasteiger partial charge on any atom is -0.481 e. The number of aliphatic carboxylic acids is 1. The third-order valence-corrected chi connectivity index (χ3v) is 2.37. The van der Waals surface area contributed by atoms with Crippen LogP contribution >= 0.6 is 0 Å². The lowest BCUT2D eigenvalue weighted by atomic mass is 10.3. The van der Waals surface area contributed by atoms with E-state index in [0.29, 0.717) is 6.54 Å². The molecule has 6 heteroatoms. The van der Waals surface area contributed by atoms with E-state index in [1.165, 1.54) is 0 Å². The fraction of sp³-hybridized carbons (Fsp3) is 0.385. The molecule has 0 unspecified atom stereocenters. The summed E-state index contributed by atoms with van der Waals surface area (Å²) >= 11 is 0. The van der Waals surface area contributed by atoms with Crippen molar-refractivity contribution in [1.29, 1.82) is 0 Å². The van der Waals surface area contributed by atoms with Gasteiger partial charge in [0.1, 0.15) is 0 Å². The van der Waals surface area contributed by atoms with Crippen molar-refractivity contribution in [3.8, 4) is 0 Å². The van der Waals surface area contributed by atoms with Crippen molar-refractivity contribution >= 4 is 17.7 Å². The highest BCUT2D eigenvalue weighted by atomic mass is 16.4. The molecule has 0 fully saturated rings. The quantitative estimate of drug-likeness (QED) is 0.533. The number of benzene rings is 1. The molecular formula is C13H19N3O3. The van der Waals surface area contributed by atoms with Gasteiger partial charge in [0.05, 0.1) is 6.42 Å². The van der Waals surface area contributed by atoms with Crippen LogP contribution in [0.4, 0.5) is 10.5 Å². The Bertz CT molecular complexity index is 395. The van der Waals surface area contributed by atoms with Crippen molar-refractivity contribution in [3.63, 3.8) is 0 Å². The van der Waals surface area contributed by atoms with E-state index in [9.17, 15) is 9.59 Å². The third kappa shape index (κ3) is 7.64. The molecule has 0 aromatic heterocycles. The first-order valence-electron chi connectivity index (χ1n) is 6.21. The number of hydrogen-bond donors (Lipinski definition) is 4. The van der Waals surface area contributed by atoms with Gasteiger partial charge in [-0.2, -0.15) is 0 Å². The van der Waals surface area contributed by atoms with E-state index in [-0.39, 0.29) is 19.0 Å². The molecular weight excluding hydrogens is 246 g/mol. The van der Waals surface area contributed by atoms with Crippen molar-refractivity contribution in [1.82, 2.24) is 10.6 Å². The first-order chi connectivity index (χ1) is 9.18. The summed E-state index contributed by atoms with van der Waals surface area (Å²) in [5.74, 6) is -0.924. The van der Waals surface area contributed by atoms with Crippen molar-refractivity contribution in [3.05, 3.63) is 30.3 Å². The summed E-state index contributed by atoms with van der Waals surface area (Å²) in [6.45, 7) is 1.45. The predicted octanol–water partition coefficient (Wildman–Crippen LogP) is 1.26. The number of carboxylic acid groups (broad SMARTS) is 1. The molecule has 4 N–H and O–H groups in total. The van der Waals surface area contributed by atoms with Gasteiger partial charge in [0.15, 0.2) is 0 Å². The molecule has 2 amide bonds. The summed E-state index contributed by atoms with van der Waals surface area (Å²) in [5, 5.41) is 16.8. The first-order valence-corrected chi connectivity index (χ1v) is 6.21. The molecule has 0 spiro atoms. The van der Waals surface area contributed by atoms with Crippen molar-refractivity contribution in [2.45, 2.75) is 12.8 Å². The molecule has 0 heterocycles. The van der Waals surface area contributed by atoms with Gasteiger partial charge < -0.3 is 21.1 Å². The van der Waals surface area contributed by atoms with Crippen LogP contribution < -0.4 is 16.0 Å². The molecule has 1 rings (SSSR count). The Morgan fingerprint density at radius 2 is 1.68 bits per heavy atom. The monoisotopic (exact) mass is 265 g/mol. The summed E-state index contributed by atoms with van der Waals surface area (Å²) in [6, 6.07) is 9.49. The summed E-state index contributed by atoms with van der Waals surface area (Å²) in [6.07, 6.45) is 0.726. The van der Waals surface area contributed by atoms with Crippen LogP contribution in [-0.4, -0.2) is 36.7 Å². The second-order valence-corrected chi connectivity index (χ2v) is 3.97. The Morgan fingerprint density at radius 1 is 1.00 bits per heavy atom. The number of rotatable bonds is 8. The van der Waals surface area contributed by atoms with Gasteiger partial charge in [0.2, 0.25) is 0 Å². The highest BCUT2D eigenvalue weighted by Gasteiger charge is 2.00. The van der Waals surface area contributed by atoms with E-state index in [1.807, 2.05) is 30.3 Å². The van der Waals surface area contributed by atoms with Crippen LogP contribution in [0.1, 0.15) is 12.8 Å². The number of hydrogen-bond acceptors (Lipinski definition) is 3. The van der Waals surface area contributed by atoms with Gasteiger partial charge in [0, 0.05) is 25.3 Å². The number of anilines is 1. The fourth-order valence-electron chi connectivity index (χ4n) is 1.42. The maximum absolute atomic E-state index is 11.2. The van der Waals surface area contributed by atoms with E-state index in [0.717, 1.165) is 18.7 Å². The Morgan fingerprint density at radius 3 is 2.37 bits per heavy atom. The summed E-state index contributed by atoms with van der Waals surface area (Å²) in [7, 11) is 0. The lowest BCUT2D eigenvalue weighted by Gasteiger charge is -2.08. The van der Waals surface area contributed by atoms with Crippen LogP contribution in [0.15, 0.2) is 30.3 Å². The third-order valence-electron chi connectivity index (χ3n) is 2.37. The first kappa shape index (κ1) is 14.8. The average Bonchev–Trinajstić information content (AvgIpc) is 2.39. The van der Waals surface area contributed by atoms with Crippen LogP contribution in [0.5, 0.6) is 0 Å². The maximum atomic E-state index is 11.2. The normalized spacial score (nSPS) is 9.68. The minimum absolute atomic E-state index is 0.0665. The SMILES string of the molecule is O=C(O)CCNC(=O)NCCCNc1ccccc1. The Balaban J connectivity index is 1.98. The number of carbonyl (C=O) groups is 2. The van der Waals surface area contributed by atoms with Gasteiger partial charge >= 0.3 is 12.0 Å². The Hall–Kier alpha value is -2.24. The molecule has 19 heavy (non-hydrogen) atoms. The zero-order valence-electron chi connectivity index (χ0n) is 10.7. The Labute approximate surface area is 112 Å².